The molecule has 0 spiro atoms. The van der Waals surface area contributed by atoms with Gasteiger partial charge in [-0.2, -0.15) is 0 Å². The van der Waals surface area contributed by atoms with Gasteiger partial charge in [-0.15, -0.1) is 0 Å². The van der Waals surface area contributed by atoms with E-state index in [1.165, 1.54) is 0 Å². The summed E-state index contributed by atoms with van der Waals surface area (Å²) >= 11 is 0. The number of nitrogens with one attached hydrogen (secondary N) is 4. The second kappa shape index (κ2) is 13.1. The van der Waals surface area contributed by atoms with Crippen LogP contribution in [0.3, 0.4) is 0 Å². The third-order valence-corrected chi connectivity index (χ3v) is 9.72. The molecular formula is C40H46N6O7. The number of para-hydroxylation sites is 2. The lowest BCUT2D eigenvalue weighted by molar-refractivity contribution is -0.136. The maximum Gasteiger partial charge on any atom is 0.408 e. The molecule has 2 aliphatic rings. The second-order valence-corrected chi connectivity index (χ2v) is 16.0. The molecule has 2 aliphatic heterocycles. The quantitative estimate of drug-likeness (QED) is 0.108. The van der Waals surface area contributed by atoms with Crippen LogP contribution in [0, 0.1) is 0 Å². The number of aromatic nitrogens is 2. The number of aromatic amines is 1. The zero-order valence-electron chi connectivity index (χ0n) is 31.2. The molecule has 4 heterocycles. The van der Waals surface area contributed by atoms with Crippen molar-refractivity contribution in [2.24, 2.45) is 0 Å². The van der Waals surface area contributed by atoms with Crippen molar-refractivity contribution in [3.63, 3.8) is 0 Å². The number of unbranched alkanes of at least 4 members (excludes halogenated alkanes) is 1. The Morgan fingerprint density at radius 2 is 1.51 bits per heavy atom. The molecule has 13 heteroatoms. The van der Waals surface area contributed by atoms with Crippen molar-refractivity contribution in [1.82, 2.24) is 30.4 Å². The lowest BCUT2D eigenvalue weighted by Crippen LogP contribution is -2.52. The van der Waals surface area contributed by atoms with Gasteiger partial charge < -0.3 is 34.6 Å². The normalized spacial score (nSPS) is 16.5. The Balaban J connectivity index is 1.24. The van der Waals surface area contributed by atoms with E-state index in [2.05, 4.69) is 25.5 Å². The van der Waals surface area contributed by atoms with E-state index in [4.69, 9.17) is 9.47 Å². The van der Waals surface area contributed by atoms with Gasteiger partial charge in [0.25, 0.3) is 11.8 Å². The molecule has 1 unspecified atom stereocenters. The topological polar surface area (TPSA) is 164 Å². The third kappa shape index (κ3) is 6.64. The summed E-state index contributed by atoms with van der Waals surface area (Å²) in [6.45, 7) is 13.6. The van der Waals surface area contributed by atoms with Crippen LogP contribution in [0.4, 0.5) is 9.59 Å². The first kappa shape index (κ1) is 35.8. The summed E-state index contributed by atoms with van der Waals surface area (Å²) < 4.78 is 13.1. The van der Waals surface area contributed by atoms with Crippen molar-refractivity contribution in [2.75, 3.05) is 6.54 Å². The van der Waals surface area contributed by atoms with Crippen LogP contribution in [-0.4, -0.2) is 74.2 Å². The van der Waals surface area contributed by atoms with Crippen LogP contribution in [0.15, 0.2) is 42.5 Å². The first-order valence-corrected chi connectivity index (χ1v) is 18.1. The van der Waals surface area contributed by atoms with Crippen molar-refractivity contribution in [1.29, 1.82) is 0 Å². The average molecular weight is 723 g/mol. The van der Waals surface area contributed by atoms with E-state index < -0.39 is 41.2 Å². The minimum atomic E-state index is -0.888. The molecule has 7 rings (SSSR count). The third-order valence-electron chi connectivity index (χ3n) is 9.72. The van der Waals surface area contributed by atoms with Crippen LogP contribution < -0.4 is 16.0 Å². The predicted molar refractivity (Wildman–Crippen MR) is 202 cm³/mol. The average Bonchev–Trinajstić information content (AvgIpc) is 3.66. The Hall–Kier alpha value is -5.59. The highest BCUT2D eigenvalue weighted by molar-refractivity contribution is 6.39. The fraction of sp³-hybridized carbons (Fsp3) is 0.425. The van der Waals surface area contributed by atoms with Crippen molar-refractivity contribution < 1.29 is 33.4 Å². The number of alkyl carbamates (subject to hydrolysis) is 2. The van der Waals surface area contributed by atoms with E-state index >= 15 is 0 Å². The Morgan fingerprint density at radius 3 is 2.23 bits per heavy atom. The molecule has 0 saturated heterocycles. The van der Waals surface area contributed by atoms with Crippen LogP contribution in [0.5, 0.6) is 0 Å². The molecule has 0 saturated carbocycles. The lowest BCUT2D eigenvalue weighted by atomic mass is 9.96. The van der Waals surface area contributed by atoms with E-state index in [9.17, 15) is 24.0 Å². The van der Waals surface area contributed by atoms with Gasteiger partial charge in [-0.1, -0.05) is 36.4 Å². The number of benzene rings is 3. The summed E-state index contributed by atoms with van der Waals surface area (Å²) in [4.78, 5) is 72.0. The molecule has 0 bridgehead atoms. The van der Waals surface area contributed by atoms with Crippen LogP contribution >= 0.6 is 0 Å². The molecule has 0 aliphatic carbocycles. The molecule has 278 valence electrons. The summed E-state index contributed by atoms with van der Waals surface area (Å²) in [5.41, 5.74) is 3.51. The molecule has 5 amide bonds. The first-order chi connectivity index (χ1) is 25.0. The number of H-pyrrole nitrogens is 1. The van der Waals surface area contributed by atoms with E-state index in [0.717, 1.165) is 38.4 Å². The van der Waals surface area contributed by atoms with Gasteiger partial charge in [-0.25, -0.2) is 9.59 Å². The number of carbonyl (C=O) groups excluding carboxylic acids is 5. The summed E-state index contributed by atoms with van der Waals surface area (Å²) in [5.74, 6) is -1.09. The fourth-order valence-electron chi connectivity index (χ4n) is 7.70. The largest absolute Gasteiger partial charge is 0.444 e. The standard InChI is InChI=1S/C40H46N6O7/c1-21-19-46-32-22(20-45(21)36(49)26(43-38(51)53-40(5,6)7)17-10-11-18-41-37(50)52-39(2,3)4)13-12-15-24(32)28-30-29(34(47)44-35(30)48)27-23-14-8-9-16-25(23)42-31(27)33(28)46/h8-9,12-16,21,26,42H,10-11,17-20H2,1-7H3,(H,41,50)(H,43,51)(H,44,47,48)/t21?,26-/m1/s1. The molecule has 4 N–H and O–H groups in total. The highest BCUT2D eigenvalue weighted by Gasteiger charge is 2.38. The Labute approximate surface area is 306 Å². The zero-order chi connectivity index (χ0) is 38.0. The maximum absolute atomic E-state index is 14.6. The van der Waals surface area contributed by atoms with Gasteiger partial charge in [0, 0.05) is 52.7 Å². The number of amides is 5. The summed E-state index contributed by atoms with van der Waals surface area (Å²) in [6.07, 6.45) is 0.221. The number of nitrogens with zero attached hydrogens (tertiary/aromatic N) is 2. The number of hydrogen-bond donors (Lipinski definition) is 4. The van der Waals surface area contributed by atoms with Crippen LogP contribution in [-0.2, 0) is 27.4 Å². The van der Waals surface area contributed by atoms with Gasteiger partial charge in [0.05, 0.1) is 27.7 Å². The highest BCUT2D eigenvalue weighted by Crippen LogP contribution is 2.45. The predicted octanol–water partition coefficient (Wildman–Crippen LogP) is 6.63. The number of imide groups is 1. The van der Waals surface area contributed by atoms with Crippen molar-refractivity contribution in [3.05, 3.63) is 59.2 Å². The van der Waals surface area contributed by atoms with E-state index in [0.29, 0.717) is 54.3 Å². The minimum Gasteiger partial charge on any atom is -0.444 e. The molecule has 2 atom stereocenters. The lowest BCUT2D eigenvalue weighted by Gasteiger charge is -2.32. The smallest absolute Gasteiger partial charge is 0.408 e. The van der Waals surface area contributed by atoms with Gasteiger partial charge in [0.1, 0.15) is 17.2 Å². The zero-order valence-corrected chi connectivity index (χ0v) is 31.2. The number of carbonyl (C=O) groups is 5. The van der Waals surface area contributed by atoms with Crippen LogP contribution in [0.1, 0.15) is 94.0 Å². The van der Waals surface area contributed by atoms with Crippen LogP contribution in [0.25, 0.3) is 43.6 Å². The molecule has 0 radical (unpaired) electrons. The monoisotopic (exact) mass is 722 g/mol. The maximum atomic E-state index is 14.6. The summed E-state index contributed by atoms with van der Waals surface area (Å²) in [7, 11) is 0. The van der Waals surface area contributed by atoms with E-state index in [1.54, 1.807) is 46.4 Å². The van der Waals surface area contributed by atoms with Crippen molar-refractivity contribution in [2.45, 2.75) is 104 Å². The van der Waals surface area contributed by atoms with Gasteiger partial charge in [-0.05, 0) is 79.4 Å². The molecule has 2 aromatic heterocycles. The van der Waals surface area contributed by atoms with E-state index in [-0.39, 0.29) is 18.5 Å². The Morgan fingerprint density at radius 1 is 0.849 bits per heavy atom. The van der Waals surface area contributed by atoms with Crippen molar-refractivity contribution in [3.8, 4) is 0 Å². The number of ether oxygens (including phenoxy) is 2. The van der Waals surface area contributed by atoms with Crippen molar-refractivity contribution >= 4 is 73.5 Å². The molecule has 5 aromatic rings. The number of fused-ring (bicyclic) bond motifs is 10. The summed E-state index contributed by atoms with van der Waals surface area (Å²) in [6, 6.07) is 12.3. The second-order valence-electron chi connectivity index (χ2n) is 16.0. The van der Waals surface area contributed by atoms with Gasteiger partial charge in [0.15, 0.2) is 0 Å². The van der Waals surface area contributed by atoms with Gasteiger partial charge >= 0.3 is 12.2 Å². The SMILES string of the molecule is CC1Cn2c3c(cccc3c3c4c(c5c6ccccc6[nH]c5c32)C(=O)NC4=O)CN1C(=O)[C@@H](CCCCNC(=O)OC(C)(C)C)NC(=O)OC(C)(C)C. The Bertz CT molecular complexity index is 2340. The fourth-order valence-corrected chi connectivity index (χ4v) is 7.70. The van der Waals surface area contributed by atoms with Gasteiger partial charge in [-0.3, -0.25) is 19.7 Å². The molecular weight excluding hydrogens is 676 g/mol. The first-order valence-electron chi connectivity index (χ1n) is 18.1. The molecule has 0 fully saturated rings. The minimum absolute atomic E-state index is 0.253. The highest BCUT2D eigenvalue weighted by atomic mass is 16.6. The Kier molecular flexibility index (Phi) is 8.86. The van der Waals surface area contributed by atoms with Gasteiger partial charge in [0.2, 0.25) is 5.91 Å². The molecule has 3 aromatic carbocycles. The van der Waals surface area contributed by atoms with Crippen LogP contribution in [0.2, 0.25) is 0 Å². The molecule has 53 heavy (non-hydrogen) atoms. The number of rotatable bonds is 7. The van der Waals surface area contributed by atoms with E-state index in [1.807, 2.05) is 49.4 Å². The molecule has 13 nitrogen and oxygen atoms in total. The number of hydrogen-bond acceptors (Lipinski definition) is 7. The summed E-state index contributed by atoms with van der Waals surface area (Å²) in [5, 5.41) is 11.2.